The van der Waals surface area contributed by atoms with Crippen molar-refractivity contribution < 1.29 is 43.0 Å². The third-order valence-corrected chi connectivity index (χ3v) is 17.7. The van der Waals surface area contributed by atoms with Crippen LogP contribution >= 0.6 is 0 Å². The van der Waals surface area contributed by atoms with E-state index in [-0.39, 0.29) is 50.0 Å². The molecule has 12 heteroatoms. The van der Waals surface area contributed by atoms with Crippen LogP contribution in [0.5, 0.6) is 0 Å². The molecular weight excluding hydrogens is 1070 g/mol. The molecule has 0 unspecified atom stereocenters. The van der Waals surface area contributed by atoms with E-state index in [4.69, 9.17) is 0 Å². The SMILES string of the molecule is O=C([O-])c1ccco1.O=C([O-])c1ccco1.O=C([O-])c1ccco1.c1ccc([S+](c2ccccc2)c2ccccc2)cc1.c1ccc([S+](c2ccccc2)c2ccccc2)cc1.c1ccc([S+](c2ccccc2)c2ccccc2)cc1. The van der Waals surface area contributed by atoms with Gasteiger partial charge in [0, 0.05) is 0 Å². The van der Waals surface area contributed by atoms with Gasteiger partial charge in [0.05, 0.1) is 51.5 Å². The van der Waals surface area contributed by atoms with Gasteiger partial charge in [0.1, 0.15) is 35.2 Å². The minimum absolute atomic E-state index is 0.0146. The Labute approximate surface area is 480 Å². The summed E-state index contributed by atoms with van der Waals surface area (Å²) >= 11 is 0. The van der Waals surface area contributed by atoms with Crippen LogP contribution in [0.2, 0.25) is 0 Å². The summed E-state index contributed by atoms with van der Waals surface area (Å²) in [7, 11) is -0.0439. The average Bonchev–Trinajstić information content (AvgIpc) is 4.39. The number of carbonyl (C=O) groups excluding carboxylic acids is 3. The van der Waals surface area contributed by atoms with E-state index in [1.807, 2.05) is 0 Å². The number of rotatable bonds is 12. The molecule has 0 aliphatic rings. The van der Waals surface area contributed by atoms with Crippen molar-refractivity contribution in [2.45, 2.75) is 44.1 Å². The van der Waals surface area contributed by atoms with Crippen LogP contribution in [0.1, 0.15) is 31.7 Å². The van der Waals surface area contributed by atoms with Crippen molar-refractivity contribution in [1.82, 2.24) is 0 Å². The van der Waals surface area contributed by atoms with Crippen molar-refractivity contribution in [3.8, 4) is 0 Å². The fraction of sp³-hybridized carbons (Fsp3) is 0. The molecule has 0 radical (unpaired) electrons. The first-order valence-electron chi connectivity index (χ1n) is 25.2. The van der Waals surface area contributed by atoms with Crippen LogP contribution in [0.3, 0.4) is 0 Å². The van der Waals surface area contributed by atoms with E-state index in [1.165, 1.54) is 99.2 Å². The number of furan rings is 3. The van der Waals surface area contributed by atoms with E-state index < -0.39 is 17.9 Å². The predicted molar refractivity (Wildman–Crippen MR) is 314 cm³/mol. The fourth-order valence-corrected chi connectivity index (χ4v) is 13.7. The quantitative estimate of drug-likeness (QED) is 0.108. The summed E-state index contributed by atoms with van der Waals surface area (Å²) in [6.45, 7) is 0. The van der Waals surface area contributed by atoms with E-state index >= 15 is 0 Å². The minimum atomic E-state index is -1.28. The molecule has 402 valence electrons. The Bertz CT molecular complexity index is 2920. The zero-order valence-electron chi connectivity index (χ0n) is 43.6. The Balaban J connectivity index is 0.000000146. The predicted octanol–water partition coefficient (Wildman–Crippen LogP) is 13.3. The maximum Gasteiger partial charge on any atom is 0.166 e. The van der Waals surface area contributed by atoms with Crippen molar-refractivity contribution >= 4 is 50.6 Å². The molecule has 3 aromatic heterocycles. The highest BCUT2D eigenvalue weighted by atomic mass is 32.2. The first-order chi connectivity index (χ1) is 39.8. The van der Waals surface area contributed by atoms with Crippen molar-refractivity contribution in [3.63, 3.8) is 0 Å². The molecule has 12 rings (SSSR count). The molecule has 12 aromatic rings. The molecule has 0 spiro atoms. The normalized spacial score (nSPS) is 10.1. The summed E-state index contributed by atoms with van der Waals surface area (Å²) in [6.07, 6.45) is 3.85. The molecule has 9 aromatic carbocycles. The maximum absolute atomic E-state index is 9.86. The first-order valence-corrected chi connectivity index (χ1v) is 28.9. The molecule has 0 bridgehead atoms. The summed E-state index contributed by atoms with van der Waals surface area (Å²) in [5, 5.41) is 29.6. The number of carboxylic acid groups (broad SMARTS) is 3. The summed E-state index contributed by atoms with van der Waals surface area (Å²) < 4.78 is 13.3. The van der Waals surface area contributed by atoms with Crippen LogP contribution in [-0.4, -0.2) is 17.9 Å². The largest absolute Gasteiger partial charge is 0.542 e. The lowest BCUT2D eigenvalue weighted by atomic mass is 10.4. The van der Waals surface area contributed by atoms with Gasteiger partial charge in [-0.2, -0.15) is 0 Å². The second kappa shape index (κ2) is 32.9. The second-order valence-corrected chi connectivity index (χ2v) is 22.6. The number of carbonyl (C=O) groups is 3. The van der Waals surface area contributed by atoms with Gasteiger partial charge in [0.2, 0.25) is 0 Å². The van der Waals surface area contributed by atoms with Crippen molar-refractivity contribution in [3.05, 3.63) is 345 Å². The van der Waals surface area contributed by atoms with Gasteiger partial charge in [-0.05, 0) is 146 Å². The molecule has 0 saturated carbocycles. The molecule has 0 aliphatic carbocycles. The average molecular weight is 1120 g/mol. The number of hydrogen-bond acceptors (Lipinski definition) is 9. The smallest absolute Gasteiger partial charge is 0.166 e. The molecular formula is C69H54O9S3. The van der Waals surface area contributed by atoms with Crippen LogP contribution in [-0.2, 0) is 32.7 Å². The molecule has 9 nitrogen and oxygen atoms in total. The summed E-state index contributed by atoms with van der Waals surface area (Å²) in [5.41, 5.74) is 0. The van der Waals surface area contributed by atoms with Crippen molar-refractivity contribution in [2.75, 3.05) is 0 Å². The van der Waals surface area contributed by atoms with Gasteiger partial charge >= 0.3 is 0 Å². The van der Waals surface area contributed by atoms with Crippen molar-refractivity contribution in [2.24, 2.45) is 0 Å². The van der Waals surface area contributed by atoms with E-state index in [2.05, 4.69) is 286 Å². The van der Waals surface area contributed by atoms with Crippen LogP contribution in [0.4, 0.5) is 0 Å². The third-order valence-electron chi connectivity index (χ3n) is 11.0. The van der Waals surface area contributed by atoms with E-state index in [1.54, 1.807) is 0 Å². The summed E-state index contributed by atoms with van der Waals surface area (Å²) in [5.74, 6) is -4.25. The minimum Gasteiger partial charge on any atom is -0.542 e. The highest BCUT2D eigenvalue weighted by molar-refractivity contribution is 7.97. The van der Waals surface area contributed by atoms with Gasteiger partial charge in [-0.3, -0.25) is 0 Å². The lowest BCUT2D eigenvalue weighted by Crippen LogP contribution is -2.21. The topological polar surface area (TPSA) is 160 Å². The number of aromatic carboxylic acids is 3. The Morgan fingerprint density at radius 2 is 0.346 bits per heavy atom. The first kappa shape index (κ1) is 59.0. The lowest BCUT2D eigenvalue weighted by Gasteiger charge is -2.07. The molecule has 81 heavy (non-hydrogen) atoms. The van der Waals surface area contributed by atoms with Gasteiger partial charge in [-0.25, -0.2) is 0 Å². The molecule has 0 N–H and O–H groups in total. The highest BCUT2D eigenvalue weighted by Crippen LogP contribution is 2.33. The Kier molecular flexibility index (Phi) is 23.9. The summed E-state index contributed by atoms with van der Waals surface area (Å²) in [6, 6.07) is 105. The Hall–Kier alpha value is -9.72. The van der Waals surface area contributed by atoms with Gasteiger partial charge in [0.25, 0.3) is 0 Å². The van der Waals surface area contributed by atoms with Gasteiger partial charge in [-0.15, -0.1) is 0 Å². The molecule has 0 atom stereocenters. The molecule has 0 fully saturated rings. The van der Waals surface area contributed by atoms with Crippen LogP contribution in [0.15, 0.2) is 385 Å². The molecule has 0 aliphatic heterocycles. The van der Waals surface area contributed by atoms with E-state index in [0.29, 0.717) is 0 Å². The standard InChI is InChI=1S/3C18H15S.3C5H4O3/c3*1-4-10-16(11-5-1)19(17-12-6-2-7-13-17)18-14-8-3-9-15-18;3*6-5(7)4-2-1-3-8-4/h3*1-15H;3*1-3H,(H,6,7)/q3*+1;;;/p-3. The van der Waals surface area contributed by atoms with Gasteiger partial charge < -0.3 is 43.0 Å². The maximum atomic E-state index is 9.86. The number of carboxylic acids is 3. The van der Waals surface area contributed by atoms with Gasteiger partial charge in [0.15, 0.2) is 44.1 Å². The second-order valence-electron chi connectivity index (χ2n) is 16.5. The van der Waals surface area contributed by atoms with E-state index in [9.17, 15) is 29.7 Å². The van der Waals surface area contributed by atoms with E-state index in [0.717, 1.165) is 0 Å². The highest BCUT2D eigenvalue weighted by Gasteiger charge is 2.30. The number of hydrogen-bond donors (Lipinski definition) is 0. The zero-order valence-corrected chi connectivity index (χ0v) is 46.0. The Morgan fingerprint density at radius 3 is 0.432 bits per heavy atom. The molecule has 0 amide bonds. The zero-order chi connectivity index (χ0) is 56.7. The third kappa shape index (κ3) is 19.0. The van der Waals surface area contributed by atoms with Crippen molar-refractivity contribution in [1.29, 1.82) is 0 Å². The monoisotopic (exact) mass is 1120 g/mol. The van der Waals surface area contributed by atoms with Crippen LogP contribution in [0, 0.1) is 0 Å². The van der Waals surface area contributed by atoms with Gasteiger partial charge in [-0.1, -0.05) is 164 Å². The molecule has 0 saturated heterocycles. The molecule has 3 heterocycles. The fourth-order valence-electron chi connectivity index (χ4n) is 7.42. The number of benzene rings is 9. The summed E-state index contributed by atoms with van der Waals surface area (Å²) in [4.78, 5) is 41.8. The van der Waals surface area contributed by atoms with Crippen LogP contribution < -0.4 is 15.3 Å². The Morgan fingerprint density at radius 1 is 0.210 bits per heavy atom. The lowest BCUT2D eigenvalue weighted by molar-refractivity contribution is -0.258. The van der Waals surface area contributed by atoms with Crippen LogP contribution in [0.25, 0.3) is 0 Å².